The van der Waals surface area contributed by atoms with Crippen molar-refractivity contribution in [3.05, 3.63) is 86.3 Å². The number of benzene rings is 3. The Kier molecular flexibility index (Phi) is 9.61. The van der Waals surface area contributed by atoms with Crippen molar-refractivity contribution in [2.24, 2.45) is 5.10 Å². The lowest BCUT2D eigenvalue weighted by atomic mass is 10.2. The van der Waals surface area contributed by atoms with Crippen LogP contribution in [0.3, 0.4) is 0 Å². The molecular weight excluding hydrogens is 593 g/mol. The summed E-state index contributed by atoms with van der Waals surface area (Å²) in [5, 5.41) is 4.83. The molecule has 36 heavy (non-hydrogen) atoms. The number of nitrogens with one attached hydrogen (secondary N) is 1. The lowest BCUT2D eigenvalue weighted by Gasteiger charge is -2.21. The fourth-order valence-electron chi connectivity index (χ4n) is 3.08. The van der Waals surface area contributed by atoms with Crippen molar-refractivity contribution in [1.82, 2.24) is 5.43 Å². The van der Waals surface area contributed by atoms with Gasteiger partial charge in [-0.15, -0.1) is 0 Å². The molecule has 0 bridgehead atoms. The second-order valence-electron chi connectivity index (χ2n) is 7.47. The number of nitrogens with zero attached hydrogens (tertiary/aromatic N) is 2. The first-order valence-electron chi connectivity index (χ1n) is 10.4. The molecule has 190 valence electrons. The Balaban J connectivity index is 1.67. The molecule has 1 N–H and O–H groups in total. The Morgan fingerprint density at radius 2 is 1.83 bits per heavy atom. The first-order valence-corrected chi connectivity index (χ1v) is 13.8. The minimum atomic E-state index is -3.67. The zero-order valence-corrected chi connectivity index (χ0v) is 23.2. The van der Waals surface area contributed by atoms with E-state index in [4.69, 9.17) is 32.7 Å². The van der Waals surface area contributed by atoms with Gasteiger partial charge in [0.1, 0.15) is 13.2 Å². The highest BCUT2D eigenvalue weighted by Gasteiger charge is 2.20. The van der Waals surface area contributed by atoms with Gasteiger partial charge in [0, 0.05) is 0 Å². The Bertz CT molecular complexity index is 1370. The lowest BCUT2D eigenvalue weighted by Crippen LogP contribution is -2.38. The van der Waals surface area contributed by atoms with Gasteiger partial charge in [0.05, 0.1) is 39.8 Å². The smallest absolute Gasteiger partial charge is 0.260 e. The molecule has 0 heterocycles. The average molecular weight is 615 g/mol. The number of sulfonamides is 1. The van der Waals surface area contributed by atoms with Crippen molar-refractivity contribution in [3.63, 3.8) is 0 Å². The minimum absolute atomic E-state index is 0.230. The van der Waals surface area contributed by atoms with Gasteiger partial charge >= 0.3 is 0 Å². The number of hydrazone groups is 1. The lowest BCUT2D eigenvalue weighted by molar-refractivity contribution is -0.119. The van der Waals surface area contributed by atoms with Crippen molar-refractivity contribution >= 4 is 67.0 Å². The molecule has 3 rings (SSSR count). The SMILES string of the molecule is COc1cc(/C=N\NC(=O)CN(c2ccccc2)S(C)(=O)=O)cc(Br)c1OCc1ccc(Cl)c(Cl)c1. The summed E-state index contributed by atoms with van der Waals surface area (Å²) < 4.78 is 37.2. The van der Waals surface area contributed by atoms with Gasteiger partial charge in [0.15, 0.2) is 11.5 Å². The number of rotatable bonds is 10. The predicted molar refractivity (Wildman–Crippen MR) is 146 cm³/mol. The largest absolute Gasteiger partial charge is 0.493 e. The number of hydrogen-bond donors (Lipinski definition) is 1. The van der Waals surface area contributed by atoms with E-state index in [9.17, 15) is 13.2 Å². The second-order valence-corrected chi connectivity index (χ2v) is 11.0. The van der Waals surface area contributed by atoms with Gasteiger partial charge in [0.2, 0.25) is 10.0 Å². The van der Waals surface area contributed by atoms with Crippen molar-refractivity contribution in [1.29, 1.82) is 0 Å². The van der Waals surface area contributed by atoms with Crippen molar-refractivity contribution in [3.8, 4) is 11.5 Å². The van der Waals surface area contributed by atoms with Crippen LogP contribution in [0.15, 0.2) is 70.2 Å². The highest BCUT2D eigenvalue weighted by atomic mass is 79.9. The molecule has 1 amide bonds. The number of anilines is 1. The van der Waals surface area contributed by atoms with Crippen LogP contribution in [0.4, 0.5) is 5.69 Å². The summed E-state index contributed by atoms with van der Waals surface area (Å²) in [5.74, 6) is 0.300. The average Bonchev–Trinajstić information content (AvgIpc) is 2.83. The van der Waals surface area contributed by atoms with Crippen LogP contribution in [-0.2, 0) is 21.4 Å². The van der Waals surface area contributed by atoms with Gasteiger partial charge in [-0.05, 0) is 63.5 Å². The highest BCUT2D eigenvalue weighted by Crippen LogP contribution is 2.37. The molecule has 0 atom stereocenters. The van der Waals surface area contributed by atoms with Crippen LogP contribution in [0.1, 0.15) is 11.1 Å². The van der Waals surface area contributed by atoms with E-state index in [1.807, 2.05) is 0 Å². The molecule has 0 aliphatic rings. The fourth-order valence-corrected chi connectivity index (χ4v) is 4.83. The molecule has 3 aromatic rings. The van der Waals surface area contributed by atoms with E-state index in [0.717, 1.165) is 16.1 Å². The minimum Gasteiger partial charge on any atom is -0.493 e. The molecule has 0 aromatic heterocycles. The molecule has 0 fully saturated rings. The van der Waals surface area contributed by atoms with Crippen LogP contribution >= 0.6 is 39.1 Å². The van der Waals surface area contributed by atoms with Gasteiger partial charge in [-0.25, -0.2) is 13.8 Å². The van der Waals surface area contributed by atoms with E-state index in [0.29, 0.717) is 37.3 Å². The number of halogens is 3. The van der Waals surface area contributed by atoms with Crippen molar-refractivity contribution in [2.45, 2.75) is 6.61 Å². The summed E-state index contributed by atoms with van der Waals surface area (Å²) in [6.45, 7) is -0.192. The molecule has 8 nitrogen and oxygen atoms in total. The molecule has 0 saturated carbocycles. The molecular formula is C24H22BrCl2N3O5S. The molecule has 0 radical (unpaired) electrons. The number of carbonyl (C=O) groups is 1. The number of amides is 1. The Morgan fingerprint density at radius 1 is 1.11 bits per heavy atom. The maximum Gasteiger partial charge on any atom is 0.260 e. The number of methoxy groups -OCH3 is 1. The van der Waals surface area contributed by atoms with Crippen molar-refractivity contribution in [2.75, 3.05) is 24.2 Å². The molecule has 0 unspecified atom stereocenters. The summed E-state index contributed by atoms with van der Waals surface area (Å²) in [7, 11) is -2.17. The number of carbonyl (C=O) groups excluding carboxylic acids is 1. The highest BCUT2D eigenvalue weighted by molar-refractivity contribution is 9.10. The summed E-state index contributed by atoms with van der Waals surface area (Å²) in [5.41, 5.74) is 4.15. The van der Waals surface area contributed by atoms with Crippen LogP contribution in [0, 0.1) is 0 Å². The van der Waals surface area contributed by atoms with E-state index in [1.54, 1.807) is 60.7 Å². The van der Waals surface area contributed by atoms with Crippen LogP contribution in [-0.4, -0.2) is 40.4 Å². The predicted octanol–water partition coefficient (Wildman–Crippen LogP) is 5.26. The van der Waals surface area contributed by atoms with Crippen molar-refractivity contribution < 1.29 is 22.7 Å². The summed E-state index contributed by atoms with van der Waals surface area (Å²) in [6.07, 6.45) is 2.44. The van der Waals surface area contributed by atoms with E-state index in [1.165, 1.54) is 13.3 Å². The van der Waals surface area contributed by atoms with E-state index in [2.05, 4.69) is 26.5 Å². The van der Waals surface area contributed by atoms with Crippen LogP contribution in [0.5, 0.6) is 11.5 Å². The summed E-state index contributed by atoms with van der Waals surface area (Å²) in [4.78, 5) is 12.4. The molecule has 0 spiro atoms. The zero-order chi connectivity index (χ0) is 26.3. The van der Waals surface area contributed by atoms with Crippen LogP contribution in [0.2, 0.25) is 10.0 Å². The third-order valence-electron chi connectivity index (χ3n) is 4.75. The van der Waals surface area contributed by atoms with Gasteiger partial charge in [0.25, 0.3) is 5.91 Å². The monoisotopic (exact) mass is 613 g/mol. The first kappa shape index (κ1) is 27.8. The third kappa shape index (κ3) is 7.60. The Morgan fingerprint density at radius 3 is 2.47 bits per heavy atom. The van der Waals surface area contributed by atoms with Crippen LogP contribution in [0.25, 0.3) is 0 Å². The molecule has 0 aliphatic carbocycles. The maximum atomic E-state index is 12.4. The first-order chi connectivity index (χ1) is 17.1. The van der Waals surface area contributed by atoms with Gasteiger partial charge in [-0.3, -0.25) is 9.10 Å². The molecule has 12 heteroatoms. The standard InChI is InChI=1S/C24H22BrCl2N3O5S/c1-34-22-12-17(10-19(25)24(22)35-15-16-8-9-20(26)21(27)11-16)13-28-29-23(31)14-30(36(2,32)33)18-6-4-3-5-7-18/h3-13H,14-15H2,1-2H3,(H,29,31)/b28-13-. The second kappa shape index (κ2) is 12.4. The quantitative estimate of drug-likeness (QED) is 0.248. The Hall–Kier alpha value is -2.79. The Labute approximate surface area is 228 Å². The zero-order valence-electron chi connectivity index (χ0n) is 19.2. The van der Waals surface area contributed by atoms with Crippen LogP contribution < -0.4 is 19.2 Å². The number of ether oxygens (including phenoxy) is 2. The number of para-hydroxylation sites is 1. The van der Waals surface area contributed by atoms with Gasteiger partial charge in [-0.2, -0.15) is 5.10 Å². The normalized spacial score (nSPS) is 11.4. The van der Waals surface area contributed by atoms with E-state index in [-0.39, 0.29) is 6.61 Å². The molecule has 0 saturated heterocycles. The number of hydrogen-bond acceptors (Lipinski definition) is 6. The fraction of sp³-hybridized carbons (Fsp3) is 0.167. The van der Waals surface area contributed by atoms with Gasteiger partial charge in [-0.1, -0.05) is 47.5 Å². The van der Waals surface area contributed by atoms with Gasteiger partial charge < -0.3 is 9.47 Å². The third-order valence-corrected chi connectivity index (χ3v) is 7.22. The molecule has 0 aliphatic heterocycles. The maximum absolute atomic E-state index is 12.4. The van der Waals surface area contributed by atoms with E-state index >= 15 is 0 Å². The summed E-state index contributed by atoms with van der Waals surface area (Å²) in [6, 6.07) is 17.0. The molecule has 3 aromatic carbocycles. The summed E-state index contributed by atoms with van der Waals surface area (Å²) >= 11 is 15.5. The van der Waals surface area contributed by atoms with E-state index < -0.39 is 22.5 Å². The topological polar surface area (TPSA) is 97.3 Å².